The van der Waals surface area contributed by atoms with Gasteiger partial charge < -0.3 is 5.32 Å². The van der Waals surface area contributed by atoms with Crippen LogP contribution in [-0.2, 0) is 21.2 Å². The molecule has 1 aromatic rings. The van der Waals surface area contributed by atoms with E-state index in [1.54, 1.807) is 12.1 Å². The second-order valence-corrected chi connectivity index (χ2v) is 8.77. The summed E-state index contributed by atoms with van der Waals surface area (Å²) < 4.78 is 38.1. The monoisotopic (exact) mass is 356 g/mol. The normalized spacial score (nSPS) is 22.0. The highest BCUT2D eigenvalue weighted by atomic mass is 32.2. The van der Waals surface area contributed by atoms with Crippen molar-refractivity contribution < 1.29 is 17.6 Å². The Bertz CT molecular complexity index is 691. The molecule has 0 unspecified atom stereocenters. The van der Waals surface area contributed by atoms with E-state index in [0.717, 1.165) is 5.56 Å². The van der Waals surface area contributed by atoms with Crippen molar-refractivity contribution in [2.45, 2.75) is 32.7 Å². The first-order valence-corrected chi connectivity index (χ1v) is 10.0. The van der Waals surface area contributed by atoms with Crippen molar-refractivity contribution in [1.29, 1.82) is 0 Å². The molecular formula is C17H25FN2O3S. The Morgan fingerprint density at radius 3 is 2.67 bits per heavy atom. The Labute approximate surface area is 143 Å². The molecule has 2 rings (SSSR count). The van der Waals surface area contributed by atoms with Crippen molar-refractivity contribution in [1.82, 2.24) is 9.62 Å². The number of sulfonamides is 1. The fraction of sp³-hybridized carbons (Fsp3) is 0.588. The maximum Gasteiger partial charge on any atom is 0.220 e. The van der Waals surface area contributed by atoms with E-state index < -0.39 is 10.0 Å². The zero-order valence-electron chi connectivity index (χ0n) is 14.3. The van der Waals surface area contributed by atoms with Gasteiger partial charge in [0.15, 0.2) is 0 Å². The summed E-state index contributed by atoms with van der Waals surface area (Å²) in [4.78, 5) is 12.2. The molecule has 0 bridgehead atoms. The lowest BCUT2D eigenvalue weighted by Crippen LogP contribution is -2.42. The Balaban J connectivity index is 1.94. The van der Waals surface area contributed by atoms with Crippen molar-refractivity contribution in [2.24, 2.45) is 11.8 Å². The molecule has 0 aliphatic carbocycles. The van der Waals surface area contributed by atoms with Gasteiger partial charge in [-0.05, 0) is 36.0 Å². The predicted molar refractivity (Wildman–Crippen MR) is 91.4 cm³/mol. The van der Waals surface area contributed by atoms with Gasteiger partial charge in [-0.15, -0.1) is 0 Å². The molecule has 1 aliphatic rings. The fourth-order valence-corrected chi connectivity index (χ4v) is 3.99. The van der Waals surface area contributed by atoms with Crippen LogP contribution in [0.5, 0.6) is 0 Å². The van der Waals surface area contributed by atoms with Crippen LogP contribution in [0.25, 0.3) is 0 Å². The summed E-state index contributed by atoms with van der Waals surface area (Å²) in [5, 5.41) is 2.96. The second kappa shape index (κ2) is 7.61. The van der Waals surface area contributed by atoms with Gasteiger partial charge in [0.1, 0.15) is 5.82 Å². The fourth-order valence-electron chi connectivity index (χ4n) is 3.12. The van der Waals surface area contributed by atoms with E-state index in [1.807, 2.05) is 13.8 Å². The Morgan fingerprint density at radius 2 is 2.08 bits per heavy atom. The molecular weight excluding hydrogens is 331 g/mol. The molecule has 2 atom stereocenters. The largest absolute Gasteiger partial charge is 0.352 e. The van der Waals surface area contributed by atoms with Gasteiger partial charge in [0.05, 0.1) is 6.26 Å². The number of halogens is 1. The maximum absolute atomic E-state index is 13.2. The van der Waals surface area contributed by atoms with Crippen LogP contribution < -0.4 is 5.32 Å². The van der Waals surface area contributed by atoms with Crippen molar-refractivity contribution >= 4 is 15.9 Å². The second-order valence-electron chi connectivity index (χ2n) is 6.79. The van der Waals surface area contributed by atoms with Gasteiger partial charge in [-0.2, -0.15) is 4.31 Å². The highest BCUT2D eigenvalue weighted by molar-refractivity contribution is 7.88. The standard InChI is InChI=1S/C17H25FN2O3S/c1-12(2)15-10-20(24(3,22)23)11-16(15)19-17(21)8-7-13-5-4-6-14(18)9-13/h4-6,9,12,15-16H,7-8,10-11H2,1-3H3,(H,19,21)/t15-,16+/m0/s1. The van der Waals surface area contributed by atoms with Gasteiger partial charge in [-0.25, -0.2) is 12.8 Å². The number of carbonyl (C=O) groups is 1. The Kier molecular flexibility index (Phi) is 5.98. The van der Waals surface area contributed by atoms with Gasteiger partial charge >= 0.3 is 0 Å². The lowest BCUT2D eigenvalue weighted by Gasteiger charge is -2.22. The lowest BCUT2D eigenvalue weighted by atomic mass is 9.91. The van der Waals surface area contributed by atoms with Gasteiger partial charge in [0.25, 0.3) is 0 Å². The zero-order valence-corrected chi connectivity index (χ0v) is 15.1. The highest BCUT2D eigenvalue weighted by Crippen LogP contribution is 2.26. The number of nitrogens with one attached hydrogen (secondary N) is 1. The summed E-state index contributed by atoms with van der Waals surface area (Å²) in [5.74, 6) is -0.0826. The third kappa shape index (κ3) is 5.01. The lowest BCUT2D eigenvalue weighted by molar-refractivity contribution is -0.122. The van der Waals surface area contributed by atoms with Gasteiger partial charge in [-0.1, -0.05) is 26.0 Å². The minimum Gasteiger partial charge on any atom is -0.352 e. The number of benzene rings is 1. The molecule has 1 saturated heterocycles. The summed E-state index contributed by atoms with van der Waals surface area (Å²) in [6, 6.07) is 6.02. The minimum atomic E-state index is -3.26. The molecule has 1 aromatic carbocycles. The summed E-state index contributed by atoms with van der Waals surface area (Å²) in [7, 11) is -3.26. The molecule has 0 saturated carbocycles. The van der Waals surface area contributed by atoms with Gasteiger partial charge in [0, 0.05) is 25.6 Å². The van der Waals surface area contributed by atoms with E-state index in [-0.39, 0.29) is 36.0 Å². The quantitative estimate of drug-likeness (QED) is 0.845. The van der Waals surface area contributed by atoms with Crippen molar-refractivity contribution in [2.75, 3.05) is 19.3 Å². The highest BCUT2D eigenvalue weighted by Gasteiger charge is 2.39. The van der Waals surface area contributed by atoms with Crippen LogP contribution in [0.2, 0.25) is 0 Å². The van der Waals surface area contributed by atoms with Crippen molar-refractivity contribution in [3.8, 4) is 0 Å². The smallest absolute Gasteiger partial charge is 0.220 e. The SMILES string of the molecule is CC(C)[C@@H]1CN(S(C)(=O)=O)C[C@H]1NC(=O)CCc1cccc(F)c1. The van der Waals surface area contributed by atoms with Gasteiger partial charge in [-0.3, -0.25) is 4.79 Å². The summed E-state index contributed by atoms with van der Waals surface area (Å²) >= 11 is 0. The third-order valence-corrected chi connectivity index (χ3v) is 5.77. The van der Waals surface area contributed by atoms with Crippen LogP contribution >= 0.6 is 0 Å². The Hall–Kier alpha value is -1.47. The van der Waals surface area contributed by atoms with E-state index in [2.05, 4.69) is 5.32 Å². The number of aryl methyl sites for hydroxylation is 1. The number of nitrogens with zero attached hydrogens (tertiary/aromatic N) is 1. The van der Waals surface area contributed by atoms with E-state index in [0.29, 0.717) is 19.5 Å². The van der Waals surface area contributed by atoms with E-state index in [1.165, 1.54) is 22.7 Å². The van der Waals surface area contributed by atoms with Crippen LogP contribution in [-0.4, -0.2) is 44.0 Å². The topological polar surface area (TPSA) is 66.5 Å². The van der Waals surface area contributed by atoms with Crippen LogP contribution in [0.15, 0.2) is 24.3 Å². The average Bonchev–Trinajstić information content (AvgIpc) is 2.89. The molecule has 5 nitrogen and oxygen atoms in total. The molecule has 1 N–H and O–H groups in total. The van der Waals surface area contributed by atoms with Crippen molar-refractivity contribution in [3.63, 3.8) is 0 Å². The van der Waals surface area contributed by atoms with Crippen LogP contribution in [0.3, 0.4) is 0 Å². The number of carbonyl (C=O) groups excluding carboxylic acids is 1. The molecule has 1 heterocycles. The first kappa shape index (κ1) is 18.9. The molecule has 1 amide bonds. The predicted octanol–water partition coefficient (Wildman–Crippen LogP) is 1.79. The van der Waals surface area contributed by atoms with E-state index in [4.69, 9.17) is 0 Å². The summed E-state index contributed by atoms with van der Waals surface area (Å²) in [5.41, 5.74) is 0.773. The molecule has 1 fully saturated rings. The van der Waals surface area contributed by atoms with Crippen LogP contribution in [0, 0.1) is 17.7 Å². The Morgan fingerprint density at radius 1 is 1.38 bits per heavy atom. The zero-order chi connectivity index (χ0) is 17.9. The molecule has 7 heteroatoms. The maximum atomic E-state index is 13.2. The molecule has 134 valence electrons. The number of hydrogen-bond acceptors (Lipinski definition) is 3. The number of hydrogen-bond donors (Lipinski definition) is 1. The average molecular weight is 356 g/mol. The summed E-state index contributed by atoms with van der Waals surface area (Å²) in [6.45, 7) is 4.81. The number of rotatable bonds is 6. The first-order chi connectivity index (χ1) is 11.2. The molecule has 24 heavy (non-hydrogen) atoms. The van der Waals surface area contributed by atoms with Crippen molar-refractivity contribution in [3.05, 3.63) is 35.6 Å². The van der Waals surface area contributed by atoms with E-state index in [9.17, 15) is 17.6 Å². The molecule has 0 aromatic heterocycles. The molecule has 0 radical (unpaired) electrons. The molecule has 1 aliphatic heterocycles. The minimum absolute atomic E-state index is 0.0952. The van der Waals surface area contributed by atoms with E-state index >= 15 is 0 Å². The van der Waals surface area contributed by atoms with Crippen LogP contribution in [0.1, 0.15) is 25.8 Å². The third-order valence-electron chi connectivity index (χ3n) is 4.53. The number of amides is 1. The summed E-state index contributed by atoms with van der Waals surface area (Å²) in [6.07, 6.45) is 1.90. The first-order valence-electron chi connectivity index (χ1n) is 8.15. The van der Waals surface area contributed by atoms with Crippen LogP contribution in [0.4, 0.5) is 4.39 Å². The van der Waals surface area contributed by atoms with Gasteiger partial charge in [0.2, 0.25) is 15.9 Å². The molecule has 0 spiro atoms.